The summed E-state index contributed by atoms with van der Waals surface area (Å²) < 4.78 is 48.5. The maximum absolute atomic E-state index is 14.4. The average molecular weight is 666 g/mol. The number of benzene rings is 4. The Balaban J connectivity index is 1.79. The number of anilines is 1. The number of rotatable bonds is 14. The monoisotopic (exact) mass is 665 g/mol. The molecule has 242 valence electrons. The van der Waals surface area contributed by atoms with Crippen LogP contribution in [0.3, 0.4) is 0 Å². The van der Waals surface area contributed by atoms with E-state index < -0.39 is 34.3 Å². The van der Waals surface area contributed by atoms with Gasteiger partial charge < -0.3 is 15.0 Å². The van der Waals surface area contributed by atoms with Gasteiger partial charge in [-0.3, -0.25) is 13.9 Å². The van der Waals surface area contributed by atoms with Crippen molar-refractivity contribution in [3.63, 3.8) is 0 Å². The first-order valence-corrected chi connectivity index (χ1v) is 16.7. The van der Waals surface area contributed by atoms with Crippen molar-refractivity contribution in [2.75, 3.05) is 17.5 Å². The highest BCUT2D eigenvalue weighted by molar-refractivity contribution is 7.92. The average Bonchev–Trinajstić information content (AvgIpc) is 3.03. The van der Waals surface area contributed by atoms with E-state index in [2.05, 4.69) is 5.32 Å². The number of carbonyl (C=O) groups excluding carboxylic acids is 2. The van der Waals surface area contributed by atoms with E-state index in [1.807, 2.05) is 51.1 Å². The van der Waals surface area contributed by atoms with E-state index in [4.69, 9.17) is 16.3 Å². The molecule has 2 amide bonds. The molecule has 0 bridgehead atoms. The highest BCUT2D eigenvalue weighted by Gasteiger charge is 2.35. The number of amides is 2. The molecule has 0 aliphatic rings. The maximum atomic E-state index is 14.4. The lowest BCUT2D eigenvalue weighted by Crippen LogP contribution is -2.54. The molecule has 4 aromatic rings. The fourth-order valence-corrected chi connectivity index (χ4v) is 6.40. The van der Waals surface area contributed by atoms with Crippen LogP contribution < -0.4 is 14.4 Å². The normalized spacial score (nSPS) is 12.0. The molecule has 0 saturated heterocycles. The van der Waals surface area contributed by atoms with Crippen LogP contribution in [-0.4, -0.2) is 50.4 Å². The largest absolute Gasteiger partial charge is 0.494 e. The fourth-order valence-electron chi connectivity index (χ4n) is 4.86. The zero-order valence-electron chi connectivity index (χ0n) is 25.9. The standard InChI is InChI=1S/C35H37ClFN3O5S/c1-4-45-31-18-20-32(21-19-31)46(43,44)40(30-16-14-29(37)15-17-30)24-34(41)39(23-27-10-12-28(36)13-11-27)33(35(42)38-25(2)3)22-26-8-6-5-7-9-26/h5-21,25,33H,4,22-24H2,1-3H3,(H,38,42). The Labute approximate surface area is 274 Å². The van der Waals surface area contributed by atoms with Crippen molar-refractivity contribution in [3.05, 3.63) is 125 Å². The number of carbonyl (C=O) groups is 2. The van der Waals surface area contributed by atoms with Crippen molar-refractivity contribution in [2.45, 2.75) is 50.7 Å². The molecule has 11 heteroatoms. The van der Waals surface area contributed by atoms with Crippen LogP contribution in [0, 0.1) is 5.82 Å². The first-order chi connectivity index (χ1) is 22.0. The summed E-state index contributed by atoms with van der Waals surface area (Å²) in [5, 5.41) is 3.42. The molecular formula is C35H37ClFN3O5S. The summed E-state index contributed by atoms with van der Waals surface area (Å²) in [4.78, 5) is 29.5. The number of nitrogens with zero attached hydrogens (tertiary/aromatic N) is 2. The quantitative estimate of drug-likeness (QED) is 0.172. The highest BCUT2D eigenvalue weighted by Crippen LogP contribution is 2.27. The number of hydrogen-bond donors (Lipinski definition) is 1. The number of nitrogens with one attached hydrogen (secondary N) is 1. The van der Waals surface area contributed by atoms with Crippen LogP contribution in [0.4, 0.5) is 10.1 Å². The van der Waals surface area contributed by atoms with Crippen molar-refractivity contribution in [2.24, 2.45) is 0 Å². The lowest BCUT2D eigenvalue weighted by molar-refractivity contribution is -0.140. The third kappa shape index (κ3) is 9.08. The van der Waals surface area contributed by atoms with Gasteiger partial charge in [0, 0.05) is 24.0 Å². The lowest BCUT2D eigenvalue weighted by Gasteiger charge is -2.34. The summed E-state index contributed by atoms with van der Waals surface area (Å²) in [6.45, 7) is 5.20. The molecule has 46 heavy (non-hydrogen) atoms. The van der Waals surface area contributed by atoms with E-state index in [1.54, 1.807) is 24.3 Å². The van der Waals surface area contributed by atoms with E-state index >= 15 is 0 Å². The zero-order chi connectivity index (χ0) is 33.3. The van der Waals surface area contributed by atoms with Crippen LogP contribution in [0.15, 0.2) is 108 Å². The lowest BCUT2D eigenvalue weighted by atomic mass is 10.0. The van der Waals surface area contributed by atoms with Gasteiger partial charge in [-0.1, -0.05) is 54.1 Å². The molecule has 4 rings (SSSR count). The van der Waals surface area contributed by atoms with Crippen molar-refractivity contribution in [1.82, 2.24) is 10.2 Å². The number of sulfonamides is 1. The highest BCUT2D eigenvalue weighted by atomic mass is 35.5. The first-order valence-electron chi connectivity index (χ1n) is 14.9. The number of ether oxygens (including phenoxy) is 1. The minimum absolute atomic E-state index is 0.000618. The van der Waals surface area contributed by atoms with Crippen molar-refractivity contribution < 1.29 is 27.1 Å². The molecule has 1 atom stereocenters. The Morgan fingerprint density at radius 2 is 1.50 bits per heavy atom. The predicted molar refractivity (Wildman–Crippen MR) is 178 cm³/mol. The topological polar surface area (TPSA) is 96.0 Å². The Kier molecular flexibility index (Phi) is 11.8. The van der Waals surface area contributed by atoms with E-state index in [-0.39, 0.29) is 35.5 Å². The van der Waals surface area contributed by atoms with E-state index in [0.29, 0.717) is 22.9 Å². The molecule has 8 nitrogen and oxygen atoms in total. The molecule has 0 saturated carbocycles. The van der Waals surface area contributed by atoms with E-state index in [0.717, 1.165) is 22.0 Å². The molecule has 0 aliphatic heterocycles. The van der Waals surface area contributed by atoms with Gasteiger partial charge in [-0.15, -0.1) is 0 Å². The van der Waals surface area contributed by atoms with Gasteiger partial charge in [0.05, 0.1) is 17.2 Å². The summed E-state index contributed by atoms with van der Waals surface area (Å²) in [6, 6.07) is 25.6. The van der Waals surface area contributed by atoms with Gasteiger partial charge in [0.15, 0.2) is 0 Å². The fraction of sp³-hybridized carbons (Fsp3) is 0.257. The Morgan fingerprint density at radius 1 is 0.870 bits per heavy atom. The van der Waals surface area contributed by atoms with Gasteiger partial charge in [0.25, 0.3) is 10.0 Å². The second-order valence-corrected chi connectivity index (χ2v) is 13.2. The number of halogens is 2. The third-order valence-corrected chi connectivity index (χ3v) is 9.12. The van der Waals surface area contributed by atoms with Gasteiger partial charge in [-0.25, -0.2) is 12.8 Å². The smallest absolute Gasteiger partial charge is 0.264 e. The molecule has 4 aromatic carbocycles. The Hall–Kier alpha value is -4.41. The summed E-state index contributed by atoms with van der Waals surface area (Å²) in [5.41, 5.74) is 1.59. The molecule has 0 aromatic heterocycles. The minimum atomic E-state index is -4.34. The van der Waals surface area contributed by atoms with Crippen molar-refractivity contribution in [1.29, 1.82) is 0 Å². The summed E-state index contributed by atoms with van der Waals surface area (Å²) in [6.07, 6.45) is 0.181. The maximum Gasteiger partial charge on any atom is 0.264 e. The molecule has 0 spiro atoms. The summed E-state index contributed by atoms with van der Waals surface area (Å²) in [7, 11) is -4.34. The van der Waals surface area contributed by atoms with Gasteiger partial charge in [-0.05, 0) is 92.6 Å². The SMILES string of the molecule is CCOc1ccc(S(=O)(=O)N(CC(=O)N(Cc2ccc(Cl)cc2)C(Cc2ccccc2)C(=O)NC(C)C)c2ccc(F)cc2)cc1. The van der Waals surface area contributed by atoms with Crippen LogP contribution in [0.2, 0.25) is 5.02 Å². The molecule has 0 aliphatic carbocycles. The van der Waals surface area contributed by atoms with Crippen LogP contribution in [-0.2, 0) is 32.6 Å². The molecule has 1 N–H and O–H groups in total. The van der Waals surface area contributed by atoms with Crippen molar-refractivity contribution in [3.8, 4) is 5.75 Å². The van der Waals surface area contributed by atoms with Crippen LogP contribution in [0.5, 0.6) is 5.75 Å². The van der Waals surface area contributed by atoms with Crippen molar-refractivity contribution >= 4 is 39.1 Å². The Morgan fingerprint density at radius 3 is 2.09 bits per heavy atom. The second-order valence-electron chi connectivity index (χ2n) is 10.9. The van der Waals surface area contributed by atoms with Gasteiger partial charge in [0.2, 0.25) is 11.8 Å². The molecule has 1 unspecified atom stereocenters. The van der Waals surface area contributed by atoms with Gasteiger partial charge >= 0.3 is 0 Å². The predicted octanol–water partition coefficient (Wildman–Crippen LogP) is 6.24. The van der Waals surface area contributed by atoms with Gasteiger partial charge in [0.1, 0.15) is 24.2 Å². The molecule has 0 radical (unpaired) electrons. The van der Waals surface area contributed by atoms with Crippen LogP contribution >= 0.6 is 11.6 Å². The third-order valence-electron chi connectivity index (χ3n) is 7.08. The van der Waals surface area contributed by atoms with Crippen LogP contribution in [0.1, 0.15) is 31.9 Å². The molecule has 0 fully saturated rings. The Bertz CT molecular complexity index is 1700. The minimum Gasteiger partial charge on any atom is -0.494 e. The zero-order valence-corrected chi connectivity index (χ0v) is 27.5. The van der Waals surface area contributed by atoms with Crippen LogP contribution in [0.25, 0.3) is 0 Å². The second kappa shape index (κ2) is 15.7. The number of hydrogen-bond acceptors (Lipinski definition) is 5. The van der Waals surface area contributed by atoms with E-state index in [9.17, 15) is 22.4 Å². The van der Waals surface area contributed by atoms with Gasteiger partial charge in [-0.2, -0.15) is 0 Å². The summed E-state index contributed by atoms with van der Waals surface area (Å²) >= 11 is 6.12. The van der Waals surface area contributed by atoms with E-state index in [1.165, 1.54) is 41.3 Å². The molecule has 0 heterocycles. The molecular weight excluding hydrogens is 629 g/mol. The summed E-state index contributed by atoms with van der Waals surface area (Å²) in [5.74, 6) is -1.09. The first kappa shape index (κ1) is 34.5.